The molecular weight excluding hydrogens is 228 g/mol. The van der Waals surface area contributed by atoms with E-state index in [1.165, 1.54) is 21.6 Å². The number of thiazole rings is 1. The molecule has 0 aliphatic rings. The Bertz CT molecular complexity index is 477. The molecule has 0 bridgehead atoms. The highest BCUT2D eigenvalue weighted by molar-refractivity contribution is 7.09. The van der Waals surface area contributed by atoms with Crippen LogP contribution < -0.4 is 5.73 Å². The molecule has 1 aromatic carbocycles. The van der Waals surface area contributed by atoms with Crippen molar-refractivity contribution in [1.82, 2.24) is 4.98 Å². The van der Waals surface area contributed by atoms with Gasteiger partial charge in [0.25, 0.3) is 0 Å². The molecule has 1 heterocycles. The van der Waals surface area contributed by atoms with E-state index in [9.17, 15) is 0 Å². The summed E-state index contributed by atoms with van der Waals surface area (Å²) in [7, 11) is 0. The first-order valence-corrected chi connectivity index (χ1v) is 6.72. The van der Waals surface area contributed by atoms with Gasteiger partial charge in [0.1, 0.15) is 0 Å². The average molecular weight is 246 g/mol. The van der Waals surface area contributed by atoms with Gasteiger partial charge < -0.3 is 5.73 Å². The Balaban J connectivity index is 1.98. The van der Waals surface area contributed by atoms with Crippen LogP contribution in [0.1, 0.15) is 21.6 Å². The summed E-state index contributed by atoms with van der Waals surface area (Å²) in [4.78, 5) is 5.34. The number of nitrogens with zero attached hydrogens (tertiary/aromatic N) is 1. The zero-order valence-corrected chi connectivity index (χ0v) is 11.1. The van der Waals surface area contributed by atoms with E-state index < -0.39 is 0 Å². The van der Waals surface area contributed by atoms with Gasteiger partial charge in [-0.25, -0.2) is 0 Å². The van der Waals surface area contributed by atoms with Crippen molar-refractivity contribution in [3.05, 3.63) is 51.5 Å². The first kappa shape index (κ1) is 12.3. The first-order valence-electron chi connectivity index (χ1n) is 5.84. The average Bonchev–Trinajstić information content (AvgIpc) is 2.76. The summed E-state index contributed by atoms with van der Waals surface area (Å²) in [6.07, 6.45) is 3.75. The summed E-state index contributed by atoms with van der Waals surface area (Å²) in [6.45, 7) is 4.28. The van der Waals surface area contributed by atoms with Crippen molar-refractivity contribution < 1.29 is 0 Å². The molecule has 90 valence electrons. The minimum atomic E-state index is 0.178. The van der Waals surface area contributed by atoms with Gasteiger partial charge in [0.2, 0.25) is 0 Å². The molecule has 0 aliphatic heterocycles. The van der Waals surface area contributed by atoms with Gasteiger partial charge in [-0.3, -0.25) is 4.98 Å². The standard InChI is InChI=1S/C14H18N2S/c1-10-3-4-12(5-11(10)2)6-13(15)7-14-8-16-9-17-14/h3-5,8-9,13H,6-7,15H2,1-2H3. The molecule has 1 aromatic heterocycles. The van der Waals surface area contributed by atoms with Crippen LogP contribution >= 0.6 is 11.3 Å². The number of hydrogen-bond donors (Lipinski definition) is 1. The SMILES string of the molecule is Cc1ccc(CC(N)Cc2cncs2)cc1C. The number of aromatic nitrogens is 1. The van der Waals surface area contributed by atoms with E-state index in [0.717, 1.165) is 12.8 Å². The van der Waals surface area contributed by atoms with Crippen molar-refractivity contribution in [2.45, 2.75) is 32.7 Å². The molecule has 0 saturated heterocycles. The number of nitrogens with two attached hydrogens (primary N) is 1. The number of hydrogen-bond acceptors (Lipinski definition) is 3. The van der Waals surface area contributed by atoms with E-state index in [2.05, 4.69) is 37.0 Å². The van der Waals surface area contributed by atoms with Crippen molar-refractivity contribution in [3.63, 3.8) is 0 Å². The third-order valence-electron chi connectivity index (χ3n) is 3.02. The Kier molecular flexibility index (Phi) is 3.92. The van der Waals surface area contributed by atoms with Crippen molar-refractivity contribution in [3.8, 4) is 0 Å². The van der Waals surface area contributed by atoms with Gasteiger partial charge in [-0.05, 0) is 43.4 Å². The van der Waals surface area contributed by atoms with E-state index >= 15 is 0 Å². The molecule has 0 aliphatic carbocycles. The molecule has 2 N–H and O–H groups in total. The van der Waals surface area contributed by atoms with Crippen LogP contribution in [0.3, 0.4) is 0 Å². The Labute approximate surface area is 107 Å². The van der Waals surface area contributed by atoms with Gasteiger partial charge in [-0.1, -0.05) is 18.2 Å². The molecule has 1 atom stereocenters. The molecule has 2 nitrogen and oxygen atoms in total. The molecule has 0 saturated carbocycles. The minimum absolute atomic E-state index is 0.178. The van der Waals surface area contributed by atoms with Crippen molar-refractivity contribution >= 4 is 11.3 Å². The second-order valence-corrected chi connectivity index (χ2v) is 5.53. The van der Waals surface area contributed by atoms with Gasteiger partial charge >= 0.3 is 0 Å². The molecule has 0 fully saturated rings. The summed E-state index contributed by atoms with van der Waals surface area (Å²) >= 11 is 1.68. The third kappa shape index (κ3) is 3.38. The Hall–Kier alpha value is -1.19. The Morgan fingerprint density at radius 2 is 2.06 bits per heavy atom. The van der Waals surface area contributed by atoms with Crippen LogP contribution in [0, 0.1) is 13.8 Å². The van der Waals surface area contributed by atoms with Gasteiger partial charge in [-0.15, -0.1) is 11.3 Å². The maximum Gasteiger partial charge on any atom is 0.0794 e. The van der Waals surface area contributed by atoms with Gasteiger partial charge in [0, 0.05) is 17.1 Å². The third-order valence-corrected chi connectivity index (χ3v) is 3.82. The van der Waals surface area contributed by atoms with E-state index in [0.29, 0.717) is 0 Å². The fraction of sp³-hybridized carbons (Fsp3) is 0.357. The zero-order valence-electron chi connectivity index (χ0n) is 10.3. The van der Waals surface area contributed by atoms with Gasteiger partial charge in [0.15, 0.2) is 0 Å². The number of aryl methyl sites for hydroxylation is 2. The largest absolute Gasteiger partial charge is 0.327 e. The van der Waals surface area contributed by atoms with Crippen LogP contribution in [-0.4, -0.2) is 11.0 Å². The molecule has 0 amide bonds. The van der Waals surface area contributed by atoms with E-state index in [4.69, 9.17) is 5.73 Å². The molecule has 0 radical (unpaired) electrons. The lowest BCUT2D eigenvalue weighted by Crippen LogP contribution is -2.25. The fourth-order valence-corrected chi connectivity index (χ4v) is 2.60. The lowest BCUT2D eigenvalue weighted by atomic mass is 10.00. The predicted molar refractivity (Wildman–Crippen MR) is 73.4 cm³/mol. The lowest BCUT2D eigenvalue weighted by Gasteiger charge is -2.11. The molecule has 2 rings (SSSR count). The second-order valence-electron chi connectivity index (χ2n) is 4.55. The van der Waals surface area contributed by atoms with E-state index in [1.807, 2.05) is 11.7 Å². The lowest BCUT2D eigenvalue weighted by molar-refractivity contribution is 0.669. The maximum absolute atomic E-state index is 6.16. The van der Waals surface area contributed by atoms with Crippen molar-refractivity contribution in [2.75, 3.05) is 0 Å². The van der Waals surface area contributed by atoms with Gasteiger partial charge in [-0.2, -0.15) is 0 Å². The van der Waals surface area contributed by atoms with Crippen LogP contribution in [0.2, 0.25) is 0 Å². The van der Waals surface area contributed by atoms with E-state index in [-0.39, 0.29) is 6.04 Å². The summed E-state index contributed by atoms with van der Waals surface area (Å²) < 4.78 is 0. The fourth-order valence-electron chi connectivity index (χ4n) is 1.91. The van der Waals surface area contributed by atoms with E-state index in [1.54, 1.807) is 11.3 Å². The van der Waals surface area contributed by atoms with Crippen molar-refractivity contribution in [2.24, 2.45) is 5.73 Å². The highest BCUT2D eigenvalue weighted by Crippen LogP contribution is 2.14. The first-order chi connectivity index (χ1) is 8.15. The summed E-state index contributed by atoms with van der Waals surface area (Å²) in [5, 5.41) is 0. The maximum atomic E-state index is 6.16. The zero-order chi connectivity index (χ0) is 12.3. The molecule has 3 heteroatoms. The number of benzene rings is 1. The van der Waals surface area contributed by atoms with Crippen molar-refractivity contribution in [1.29, 1.82) is 0 Å². The van der Waals surface area contributed by atoms with Crippen LogP contribution in [0.25, 0.3) is 0 Å². The normalized spacial score (nSPS) is 12.6. The van der Waals surface area contributed by atoms with Crippen LogP contribution in [0.15, 0.2) is 29.9 Å². The van der Waals surface area contributed by atoms with Gasteiger partial charge in [0.05, 0.1) is 5.51 Å². The van der Waals surface area contributed by atoms with Crippen LogP contribution in [0.4, 0.5) is 0 Å². The number of rotatable bonds is 4. The molecule has 0 spiro atoms. The Morgan fingerprint density at radius 3 is 2.71 bits per heavy atom. The summed E-state index contributed by atoms with van der Waals surface area (Å²) in [5.74, 6) is 0. The topological polar surface area (TPSA) is 38.9 Å². The summed E-state index contributed by atoms with van der Waals surface area (Å²) in [6, 6.07) is 6.76. The summed E-state index contributed by atoms with van der Waals surface area (Å²) in [5.41, 5.74) is 12.0. The highest BCUT2D eigenvalue weighted by atomic mass is 32.1. The molecule has 1 unspecified atom stereocenters. The van der Waals surface area contributed by atoms with Crippen LogP contribution in [0.5, 0.6) is 0 Å². The molecule has 17 heavy (non-hydrogen) atoms. The minimum Gasteiger partial charge on any atom is -0.327 e. The Morgan fingerprint density at radius 1 is 1.24 bits per heavy atom. The predicted octanol–water partition coefficient (Wildman–Crippen LogP) is 2.87. The second kappa shape index (κ2) is 5.43. The smallest absolute Gasteiger partial charge is 0.0794 e. The molecular formula is C14H18N2S. The molecule has 2 aromatic rings. The quantitative estimate of drug-likeness (QED) is 0.901. The monoisotopic (exact) mass is 246 g/mol. The van der Waals surface area contributed by atoms with Crippen LogP contribution in [-0.2, 0) is 12.8 Å². The highest BCUT2D eigenvalue weighted by Gasteiger charge is 2.07.